The van der Waals surface area contributed by atoms with E-state index < -0.39 is 6.03 Å². The van der Waals surface area contributed by atoms with Crippen LogP contribution in [0.4, 0.5) is 10.5 Å². The van der Waals surface area contributed by atoms with Crippen molar-refractivity contribution in [2.45, 2.75) is 0 Å². The van der Waals surface area contributed by atoms with E-state index in [-0.39, 0.29) is 0 Å². The average molecular weight is 289 g/mol. The second-order valence-corrected chi connectivity index (χ2v) is 4.30. The third-order valence-corrected chi connectivity index (χ3v) is 2.89. The molecular formula is C12H9ClN6O. The van der Waals surface area contributed by atoms with E-state index >= 15 is 0 Å². The molecule has 2 amide bonds. The summed E-state index contributed by atoms with van der Waals surface area (Å²) in [7, 11) is 0. The highest BCUT2D eigenvalue weighted by Crippen LogP contribution is 2.20. The molecule has 20 heavy (non-hydrogen) atoms. The van der Waals surface area contributed by atoms with Crippen molar-refractivity contribution < 1.29 is 4.79 Å². The molecule has 0 aliphatic heterocycles. The van der Waals surface area contributed by atoms with Crippen LogP contribution in [-0.4, -0.2) is 25.7 Å². The van der Waals surface area contributed by atoms with Crippen molar-refractivity contribution in [3.05, 3.63) is 48.1 Å². The number of fused-ring (bicyclic) bond motifs is 1. The number of nitrogens with zero attached hydrogens (tertiary/aromatic N) is 4. The maximum absolute atomic E-state index is 11.9. The smallest absolute Gasteiger partial charge is 0.305 e. The van der Waals surface area contributed by atoms with Crippen molar-refractivity contribution >= 4 is 34.5 Å². The largest absolute Gasteiger partial charge is 0.338 e. The highest BCUT2D eigenvalue weighted by atomic mass is 35.5. The fraction of sp³-hybridized carbons (Fsp3) is 0. The number of aromatic nitrogens is 4. The Morgan fingerprint density at radius 3 is 2.95 bits per heavy atom. The molecule has 0 spiro atoms. The van der Waals surface area contributed by atoms with Gasteiger partial charge in [-0.3, -0.25) is 0 Å². The second kappa shape index (κ2) is 5.14. The van der Waals surface area contributed by atoms with Gasteiger partial charge in [0.15, 0.2) is 5.65 Å². The topological polar surface area (TPSA) is 84.7 Å². The van der Waals surface area contributed by atoms with E-state index in [1.54, 1.807) is 30.5 Å². The first-order valence-corrected chi connectivity index (χ1v) is 6.07. The van der Waals surface area contributed by atoms with Gasteiger partial charge in [0.05, 0.1) is 16.9 Å². The molecule has 7 nitrogen and oxygen atoms in total. The second-order valence-electron chi connectivity index (χ2n) is 3.89. The van der Waals surface area contributed by atoms with Gasteiger partial charge in [-0.1, -0.05) is 23.7 Å². The van der Waals surface area contributed by atoms with E-state index in [1.165, 1.54) is 17.3 Å². The van der Waals surface area contributed by atoms with E-state index in [1.807, 2.05) is 0 Å². The number of hydrogen-bond donors (Lipinski definition) is 2. The number of benzene rings is 1. The molecule has 0 fully saturated rings. The summed E-state index contributed by atoms with van der Waals surface area (Å²) in [6.07, 6.45) is 4.40. The number of imidazole rings is 1. The van der Waals surface area contributed by atoms with Crippen molar-refractivity contribution in [1.29, 1.82) is 0 Å². The zero-order valence-electron chi connectivity index (χ0n) is 10.1. The maximum atomic E-state index is 11.9. The van der Waals surface area contributed by atoms with Crippen LogP contribution in [0.2, 0.25) is 5.02 Å². The van der Waals surface area contributed by atoms with Crippen molar-refractivity contribution in [2.75, 3.05) is 10.7 Å². The number of hydrogen-bond acceptors (Lipinski definition) is 4. The summed E-state index contributed by atoms with van der Waals surface area (Å²) in [6.45, 7) is 0. The van der Waals surface area contributed by atoms with Crippen molar-refractivity contribution in [2.24, 2.45) is 0 Å². The van der Waals surface area contributed by atoms with E-state index in [4.69, 9.17) is 11.6 Å². The number of urea groups is 1. The molecule has 3 rings (SSSR count). The van der Waals surface area contributed by atoms with Gasteiger partial charge in [-0.15, -0.1) is 0 Å². The predicted molar refractivity (Wildman–Crippen MR) is 75.2 cm³/mol. The van der Waals surface area contributed by atoms with Gasteiger partial charge in [-0.25, -0.2) is 29.8 Å². The summed E-state index contributed by atoms with van der Waals surface area (Å²) in [4.78, 5) is 23.9. The van der Waals surface area contributed by atoms with Crippen LogP contribution in [0.15, 0.2) is 43.1 Å². The fourth-order valence-electron chi connectivity index (χ4n) is 1.67. The summed E-state index contributed by atoms with van der Waals surface area (Å²) >= 11 is 5.96. The Morgan fingerprint density at radius 2 is 2.10 bits per heavy atom. The van der Waals surface area contributed by atoms with E-state index in [0.29, 0.717) is 21.9 Å². The molecule has 0 saturated heterocycles. The molecule has 8 heteroatoms. The number of nitrogens with one attached hydrogen (secondary N) is 2. The molecule has 0 saturated carbocycles. The summed E-state index contributed by atoms with van der Waals surface area (Å²) in [6, 6.07) is 6.51. The van der Waals surface area contributed by atoms with Crippen molar-refractivity contribution in [1.82, 2.24) is 19.6 Å². The lowest BCUT2D eigenvalue weighted by molar-refractivity contribution is 0.260. The lowest BCUT2D eigenvalue weighted by Gasteiger charge is -2.09. The number of anilines is 1. The molecule has 0 bridgehead atoms. The van der Waals surface area contributed by atoms with Gasteiger partial charge in [0, 0.05) is 0 Å². The third-order valence-electron chi connectivity index (χ3n) is 2.56. The molecule has 0 aliphatic rings. The monoisotopic (exact) mass is 288 g/mol. The number of para-hydroxylation sites is 1. The van der Waals surface area contributed by atoms with E-state index in [9.17, 15) is 4.79 Å². The minimum atomic E-state index is -0.448. The lowest BCUT2D eigenvalue weighted by atomic mass is 10.3. The highest BCUT2D eigenvalue weighted by Gasteiger charge is 2.08. The van der Waals surface area contributed by atoms with Crippen LogP contribution < -0.4 is 10.7 Å². The molecule has 0 atom stereocenters. The van der Waals surface area contributed by atoms with Crippen LogP contribution in [0.1, 0.15) is 0 Å². The zero-order valence-corrected chi connectivity index (χ0v) is 10.9. The minimum absolute atomic E-state index is 0.448. The quantitative estimate of drug-likeness (QED) is 0.757. The Bertz CT molecular complexity index is 771. The molecule has 2 N–H and O–H groups in total. The first-order chi connectivity index (χ1) is 9.74. The molecule has 0 unspecified atom stereocenters. The van der Waals surface area contributed by atoms with Gasteiger partial charge in [0.25, 0.3) is 0 Å². The Balaban J connectivity index is 1.78. The minimum Gasteiger partial charge on any atom is -0.305 e. The maximum Gasteiger partial charge on any atom is 0.338 e. The van der Waals surface area contributed by atoms with Crippen LogP contribution in [0, 0.1) is 0 Å². The highest BCUT2D eigenvalue weighted by molar-refractivity contribution is 6.33. The number of carbonyl (C=O) groups excluding carboxylic acids is 1. The summed E-state index contributed by atoms with van der Waals surface area (Å²) in [5, 5.41) is 3.10. The van der Waals surface area contributed by atoms with Crippen LogP contribution in [0.5, 0.6) is 0 Å². The number of carbonyl (C=O) groups is 1. The first kappa shape index (κ1) is 12.4. The average Bonchev–Trinajstić information content (AvgIpc) is 2.85. The first-order valence-electron chi connectivity index (χ1n) is 5.69. The summed E-state index contributed by atoms with van der Waals surface area (Å²) in [5.41, 5.74) is 4.21. The van der Waals surface area contributed by atoms with Gasteiger partial charge in [0.2, 0.25) is 0 Å². The van der Waals surface area contributed by atoms with Crippen LogP contribution in [0.3, 0.4) is 0 Å². The molecule has 100 valence electrons. The Hall–Kier alpha value is -2.67. The summed E-state index contributed by atoms with van der Waals surface area (Å²) < 4.78 is 1.41. The fourth-order valence-corrected chi connectivity index (χ4v) is 1.85. The van der Waals surface area contributed by atoms with E-state index in [0.717, 1.165) is 0 Å². The van der Waals surface area contributed by atoms with Crippen LogP contribution in [0.25, 0.3) is 11.2 Å². The molecular weight excluding hydrogens is 280 g/mol. The molecule has 2 aromatic heterocycles. The van der Waals surface area contributed by atoms with Crippen LogP contribution in [-0.2, 0) is 0 Å². The SMILES string of the molecule is O=C(Nc1ccccc1Cl)Nn1cnc2cncnc21. The lowest BCUT2D eigenvalue weighted by Crippen LogP contribution is -2.27. The number of amides is 2. The standard InChI is InChI=1S/C12H9ClN6O/c13-8-3-1-2-4-9(8)17-12(20)18-19-7-16-10-5-14-6-15-11(10)19/h1-7H,(H2,17,18,20). The molecule has 2 heterocycles. The van der Waals surface area contributed by atoms with Gasteiger partial charge in [-0.2, -0.15) is 0 Å². The third kappa shape index (κ3) is 2.39. The van der Waals surface area contributed by atoms with Gasteiger partial charge in [0.1, 0.15) is 18.2 Å². The zero-order chi connectivity index (χ0) is 13.9. The number of rotatable bonds is 2. The Morgan fingerprint density at radius 1 is 1.25 bits per heavy atom. The molecule has 0 radical (unpaired) electrons. The molecule has 3 aromatic rings. The van der Waals surface area contributed by atoms with Crippen molar-refractivity contribution in [3.63, 3.8) is 0 Å². The predicted octanol–water partition coefficient (Wildman–Crippen LogP) is 2.26. The Labute approximate surface area is 118 Å². The Kier molecular flexibility index (Phi) is 3.18. The van der Waals surface area contributed by atoms with Crippen molar-refractivity contribution in [3.8, 4) is 0 Å². The van der Waals surface area contributed by atoms with E-state index in [2.05, 4.69) is 25.7 Å². The van der Waals surface area contributed by atoms with Gasteiger partial charge < -0.3 is 5.32 Å². The normalized spacial score (nSPS) is 10.4. The van der Waals surface area contributed by atoms with Gasteiger partial charge >= 0.3 is 6.03 Å². The van der Waals surface area contributed by atoms with Gasteiger partial charge in [-0.05, 0) is 12.1 Å². The molecule has 1 aromatic carbocycles. The van der Waals surface area contributed by atoms with Crippen LogP contribution >= 0.6 is 11.6 Å². The number of halogens is 1. The molecule has 0 aliphatic carbocycles. The summed E-state index contributed by atoms with van der Waals surface area (Å²) in [5.74, 6) is 0.